The van der Waals surface area contributed by atoms with Crippen molar-refractivity contribution < 1.29 is 14.2 Å². The van der Waals surface area contributed by atoms with Crippen molar-refractivity contribution in [2.75, 3.05) is 7.11 Å². The van der Waals surface area contributed by atoms with Crippen molar-refractivity contribution in [3.8, 4) is 5.75 Å². The molecule has 0 spiro atoms. The summed E-state index contributed by atoms with van der Waals surface area (Å²) in [5.74, 6) is -0.301. The van der Waals surface area contributed by atoms with Crippen LogP contribution in [-0.2, 0) is 0 Å². The van der Waals surface area contributed by atoms with Gasteiger partial charge < -0.3 is 15.6 Å². The van der Waals surface area contributed by atoms with Crippen LogP contribution in [-0.4, -0.2) is 18.3 Å². The van der Waals surface area contributed by atoms with E-state index >= 15 is 0 Å². The summed E-state index contributed by atoms with van der Waals surface area (Å²) in [5.41, 5.74) is 6.56. The predicted octanol–water partition coefficient (Wildman–Crippen LogP) is 2.63. The molecule has 0 aliphatic rings. The molecule has 0 radical (unpaired) electrons. The molecular weight excluding hydrogens is 233 g/mol. The van der Waals surface area contributed by atoms with Gasteiger partial charge in [0.05, 0.1) is 13.2 Å². The summed E-state index contributed by atoms with van der Waals surface area (Å²) < 4.78 is 18.1. The van der Waals surface area contributed by atoms with Crippen LogP contribution in [0.3, 0.4) is 0 Å². The number of benzene rings is 1. The van der Waals surface area contributed by atoms with Crippen LogP contribution in [0, 0.1) is 11.2 Å². The summed E-state index contributed by atoms with van der Waals surface area (Å²) in [6, 6.07) is 4.22. The first-order valence-electron chi connectivity index (χ1n) is 6.02. The Bertz CT molecular complexity index is 401. The fourth-order valence-corrected chi connectivity index (χ4v) is 1.61. The zero-order chi connectivity index (χ0) is 13.9. The third-order valence-corrected chi connectivity index (χ3v) is 3.15. The fourth-order valence-electron chi connectivity index (χ4n) is 1.61. The molecule has 1 aromatic rings. The van der Waals surface area contributed by atoms with Crippen molar-refractivity contribution >= 4 is 0 Å². The number of nitrogens with two attached hydrogens (primary N) is 1. The molecule has 3 N–H and O–H groups in total. The Labute approximate surface area is 108 Å². The van der Waals surface area contributed by atoms with E-state index in [1.807, 2.05) is 20.8 Å². The van der Waals surface area contributed by atoms with Gasteiger partial charge in [0.15, 0.2) is 11.6 Å². The molecule has 1 aromatic carbocycles. The topological polar surface area (TPSA) is 55.5 Å². The van der Waals surface area contributed by atoms with Gasteiger partial charge in [-0.15, -0.1) is 0 Å². The molecule has 0 amide bonds. The number of rotatable bonds is 4. The molecule has 1 rings (SSSR count). The Kier molecular flexibility index (Phi) is 4.71. The first kappa shape index (κ1) is 14.9. The summed E-state index contributed by atoms with van der Waals surface area (Å²) in [4.78, 5) is 0. The van der Waals surface area contributed by atoms with Gasteiger partial charge in [-0.05, 0) is 29.5 Å². The van der Waals surface area contributed by atoms with Gasteiger partial charge in [0.2, 0.25) is 0 Å². The third-order valence-electron chi connectivity index (χ3n) is 3.15. The van der Waals surface area contributed by atoms with E-state index in [-0.39, 0.29) is 17.2 Å². The van der Waals surface area contributed by atoms with Crippen molar-refractivity contribution in [3.63, 3.8) is 0 Å². The number of methoxy groups -OCH3 is 1. The standard InChI is InChI=1S/C14H22FNO2/c1-14(2,3)13(16)8-11(17)9-5-6-10(15)12(7-9)18-4/h5-7,11,13,17H,8,16H2,1-4H3/t11-,13-/m0/s1. The van der Waals surface area contributed by atoms with Gasteiger partial charge in [-0.3, -0.25) is 0 Å². The monoisotopic (exact) mass is 255 g/mol. The second-order valence-corrected chi connectivity index (χ2v) is 5.62. The van der Waals surface area contributed by atoms with Crippen LogP contribution < -0.4 is 10.5 Å². The van der Waals surface area contributed by atoms with Gasteiger partial charge >= 0.3 is 0 Å². The summed E-state index contributed by atoms with van der Waals surface area (Å²) >= 11 is 0. The maximum atomic E-state index is 13.3. The first-order valence-corrected chi connectivity index (χ1v) is 6.02. The highest BCUT2D eigenvalue weighted by atomic mass is 19.1. The minimum atomic E-state index is -0.714. The lowest BCUT2D eigenvalue weighted by Crippen LogP contribution is -2.36. The highest BCUT2D eigenvalue weighted by molar-refractivity contribution is 5.31. The van der Waals surface area contributed by atoms with Crippen molar-refractivity contribution in [2.45, 2.75) is 39.3 Å². The number of aliphatic hydroxyl groups is 1. The average Bonchev–Trinajstić information content (AvgIpc) is 2.28. The minimum Gasteiger partial charge on any atom is -0.494 e. The molecule has 0 unspecified atom stereocenters. The average molecular weight is 255 g/mol. The normalized spacial score (nSPS) is 15.3. The van der Waals surface area contributed by atoms with E-state index < -0.39 is 11.9 Å². The maximum absolute atomic E-state index is 13.3. The SMILES string of the molecule is COc1cc([C@@H](O)C[C@H](N)C(C)(C)C)ccc1F. The van der Waals surface area contributed by atoms with Crippen LogP contribution >= 0.6 is 0 Å². The lowest BCUT2D eigenvalue weighted by Gasteiger charge is -2.29. The van der Waals surface area contributed by atoms with Crippen molar-refractivity contribution in [1.82, 2.24) is 0 Å². The van der Waals surface area contributed by atoms with Crippen LogP contribution in [0.5, 0.6) is 5.75 Å². The summed E-state index contributed by atoms with van der Waals surface area (Å²) in [5, 5.41) is 10.1. The molecule has 0 bridgehead atoms. The molecule has 2 atom stereocenters. The second-order valence-electron chi connectivity index (χ2n) is 5.62. The van der Waals surface area contributed by atoms with Crippen molar-refractivity contribution in [2.24, 2.45) is 11.1 Å². The van der Waals surface area contributed by atoms with Gasteiger partial charge in [0, 0.05) is 6.04 Å². The maximum Gasteiger partial charge on any atom is 0.165 e. The molecule has 0 heterocycles. The summed E-state index contributed by atoms with van der Waals surface area (Å²) in [7, 11) is 1.40. The minimum absolute atomic E-state index is 0.0783. The Morgan fingerprint density at radius 1 is 1.39 bits per heavy atom. The van der Waals surface area contributed by atoms with Gasteiger partial charge in [0.25, 0.3) is 0 Å². The van der Waals surface area contributed by atoms with E-state index in [0.29, 0.717) is 12.0 Å². The zero-order valence-corrected chi connectivity index (χ0v) is 11.4. The lowest BCUT2D eigenvalue weighted by molar-refractivity contribution is 0.133. The Hall–Kier alpha value is -1.13. The van der Waals surface area contributed by atoms with Crippen molar-refractivity contribution in [1.29, 1.82) is 0 Å². The second kappa shape index (κ2) is 5.67. The number of hydrogen-bond donors (Lipinski definition) is 2. The molecule has 4 heteroatoms. The quantitative estimate of drug-likeness (QED) is 0.869. The first-order chi connectivity index (χ1) is 8.25. The van der Waals surface area contributed by atoms with E-state index in [1.165, 1.54) is 19.2 Å². The van der Waals surface area contributed by atoms with E-state index in [9.17, 15) is 9.50 Å². The summed E-state index contributed by atoms with van der Waals surface area (Å²) in [6.07, 6.45) is -0.285. The highest BCUT2D eigenvalue weighted by Crippen LogP contribution is 2.29. The van der Waals surface area contributed by atoms with Crippen molar-refractivity contribution in [3.05, 3.63) is 29.6 Å². The molecule has 3 nitrogen and oxygen atoms in total. The van der Waals surface area contributed by atoms with Gasteiger partial charge in [0.1, 0.15) is 0 Å². The van der Waals surface area contributed by atoms with Gasteiger partial charge in [-0.2, -0.15) is 0 Å². The van der Waals surface area contributed by atoms with E-state index in [4.69, 9.17) is 10.5 Å². The molecule has 0 saturated carbocycles. The number of halogens is 1. The van der Waals surface area contributed by atoms with Gasteiger partial charge in [-0.1, -0.05) is 26.8 Å². The lowest BCUT2D eigenvalue weighted by atomic mass is 9.83. The van der Waals surface area contributed by atoms with E-state index in [2.05, 4.69) is 0 Å². The van der Waals surface area contributed by atoms with Crippen LogP contribution in [0.2, 0.25) is 0 Å². The molecule has 0 fully saturated rings. The van der Waals surface area contributed by atoms with Crippen LogP contribution in [0.25, 0.3) is 0 Å². The van der Waals surface area contributed by atoms with Crippen LogP contribution in [0.15, 0.2) is 18.2 Å². The molecule has 0 aromatic heterocycles. The number of aliphatic hydroxyl groups excluding tert-OH is 1. The smallest absolute Gasteiger partial charge is 0.165 e. The fraction of sp³-hybridized carbons (Fsp3) is 0.571. The number of hydrogen-bond acceptors (Lipinski definition) is 3. The largest absolute Gasteiger partial charge is 0.494 e. The molecule has 18 heavy (non-hydrogen) atoms. The van der Waals surface area contributed by atoms with Gasteiger partial charge in [-0.25, -0.2) is 4.39 Å². The third kappa shape index (κ3) is 3.68. The Morgan fingerprint density at radius 2 is 2.00 bits per heavy atom. The molecule has 0 aliphatic carbocycles. The Morgan fingerprint density at radius 3 is 2.50 bits per heavy atom. The molecular formula is C14H22FNO2. The Balaban J connectivity index is 2.81. The number of ether oxygens (including phenoxy) is 1. The predicted molar refractivity (Wildman–Crippen MR) is 70.0 cm³/mol. The summed E-state index contributed by atoms with van der Waals surface area (Å²) in [6.45, 7) is 6.07. The van der Waals surface area contributed by atoms with E-state index in [1.54, 1.807) is 6.07 Å². The molecule has 102 valence electrons. The molecule has 0 saturated heterocycles. The molecule has 0 aliphatic heterocycles. The highest BCUT2D eigenvalue weighted by Gasteiger charge is 2.24. The van der Waals surface area contributed by atoms with E-state index in [0.717, 1.165) is 0 Å². The van der Waals surface area contributed by atoms with Crippen LogP contribution in [0.1, 0.15) is 38.9 Å². The van der Waals surface area contributed by atoms with Crippen LogP contribution in [0.4, 0.5) is 4.39 Å². The zero-order valence-electron chi connectivity index (χ0n) is 11.4.